The van der Waals surface area contributed by atoms with Gasteiger partial charge >= 0.3 is 0 Å². The molecule has 0 atom stereocenters. The topological polar surface area (TPSA) is 42.7 Å². The molecule has 0 bridgehead atoms. The standard InChI is InChI=1S/C17H16N4/c1-2-21-17-13-8-4-3-7-12(13)11-18-15-10-6-5-9-14(15)16(17)19-20-21/h3-10,18H,2,11H2,1H3. The van der Waals surface area contributed by atoms with Crippen molar-refractivity contribution in [3.8, 4) is 22.5 Å². The number of fused-ring (bicyclic) bond motifs is 5. The Balaban J connectivity index is 2.07. The summed E-state index contributed by atoms with van der Waals surface area (Å²) < 4.78 is 1.98. The van der Waals surface area contributed by atoms with Crippen molar-refractivity contribution in [1.82, 2.24) is 15.0 Å². The Morgan fingerprint density at radius 1 is 1.05 bits per heavy atom. The number of aromatic nitrogens is 3. The predicted octanol–water partition coefficient (Wildman–Crippen LogP) is 3.56. The summed E-state index contributed by atoms with van der Waals surface area (Å²) in [5, 5.41) is 12.3. The zero-order chi connectivity index (χ0) is 14.2. The summed E-state index contributed by atoms with van der Waals surface area (Å²) >= 11 is 0. The highest BCUT2D eigenvalue weighted by Crippen LogP contribution is 2.38. The van der Waals surface area contributed by atoms with Crippen LogP contribution in [0.15, 0.2) is 48.5 Å². The number of para-hydroxylation sites is 1. The fraction of sp³-hybridized carbons (Fsp3) is 0.176. The van der Waals surface area contributed by atoms with Crippen LogP contribution in [-0.4, -0.2) is 15.0 Å². The van der Waals surface area contributed by atoms with Crippen molar-refractivity contribution in [1.29, 1.82) is 0 Å². The molecule has 4 rings (SSSR count). The van der Waals surface area contributed by atoms with Crippen molar-refractivity contribution in [2.45, 2.75) is 20.0 Å². The van der Waals surface area contributed by atoms with Gasteiger partial charge < -0.3 is 5.32 Å². The quantitative estimate of drug-likeness (QED) is 0.739. The number of hydrogen-bond acceptors (Lipinski definition) is 3. The predicted molar refractivity (Wildman–Crippen MR) is 83.9 cm³/mol. The van der Waals surface area contributed by atoms with Gasteiger partial charge in [0.25, 0.3) is 0 Å². The number of hydrogen-bond donors (Lipinski definition) is 1. The minimum atomic E-state index is 0.807. The zero-order valence-electron chi connectivity index (χ0n) is 11.9. The van der Waals surface area contributed by atoms with Crippen LogP contribution in [-0.2, 0) is 13.1 Å². The minimum absolute atomic E-state index is 0.807. The van der Waals surface area contributed by atoms with E-state index in [0.29, 0.717) is 0 Å². The fourth-order valence-corrected chi connectivity index (χ4v) is 2.92. The van der Waals surface area contributed by atoms with E-state index in [9.17, 15) is 0 Å². The van der Waals surface area contributed by atoms with Crippen molar-refractivity contribution < 1.29 is 0 Å². The highest BCUT2D eigenvalue weighted by atomic mass is 15.4. The molecule has 0 unspecified atom stereocenters. The molecule has 0 amide bonds. The summed E-state index contributed by atoms with van der Waals surface area (Å²) in [6, 6.07) is 16.7. The molecule has 0 aliphatic carbocycles. The van der Waals surface area contributed by atoms with Gasteiger partial charge in [0, 0.05) is 29.9 Å². The number of rotatable bonds is 1. The maximum atomic E-state index is 4.44. The summed E-state index contributed by atoms with van der Waals surface area (Å²) in [7, 11) is 0. The number of benzene rings is 2. The summed E-state index contributed by atoms with van der Waals surface area (Å²) in [5.74, 6) is 0. The van der Waals surface area contributed by atoms with Gasteiger partial charge in [0.1, 0.15) is 5.69 Å². The molecule has 0 saturated carbocycles. The molecule has 104 valence electrons. The van der Waals surface area contributed by atoms with Crippen LogP contribution in [0, 0.1) is 0 Å². The van der Waals surface area contributed by atoms with E-state index < -0.39 is 0 Å². The van der Waals surface area contributed by atoms with E-state index in [1.165, 1.54) is 11.1 Å². The van der Waals surface area contributed by atoms with Crippen LogP contribution in [0.5, 0.6) is 0 Å². The summed E-state index contributed by atoms with van der Waals surface area (Å²) in [4.78, 5) is 0. The van der Waals surface area contributed by atoms with E-state index >= 15 is 0 Å². The van der Waals surface area contributed by atoms with Crippen molar-refractivity contribution >= 4 is 5.69 Å². The maximum Gasteiger partial charge on any atom is 0.123 e. The van der Waals surface area contributed by atoms with Gasteiger partial charge in [0.15, 0.2) is 0 Å². The average molecular weight is 276 g/mol. The van der Waals surface area contributed by atoms with Gasteiger partial charge in [0.2, 0.25) is 0 Å². The minimum Gasteiger partial charge on any atom is -0.380 e. The van der Waals surface area contributed by atoms with Crippen LogP contribution in [0.2, 0.25) is 0 Å². The van der Waals surface area contributed by atoms with Crippen LogP contribution in [0.1, 0.15) is 12.5 Å². The SMILES string of the molecule is CCn1nnc2c1-c1ccccc1CNc1ccccc1-2. The van der Waals surface area contributed by atoms with E-state index in [1.807, 2.05) is 16.8 Å². The number of nitrogens with one attached hydrogen (secondary N) is 1. The fourth-order valence-electron chi connectivity index (χ4n) is 2.92. The van der Waals surface area contributed by atoms with Gasteiger partial charge in [-0.2, -0.15) is 0 Å². The van der Waals surface area contributed by atoms with Gasteiger partial charge in [-0.25, -0.2) is 4.68 Å². The second-order valence-corrected chi connectivity index (χ2v) is 5.16. The average Bonchev–Trinajstić information content (AvgIpc) is 2.95. The van der Waals surface area contributed by atoms with E-state index in [1.54, 1.807) is 0 Å². The van der Waals surface area contributed by atoms with Gasteiger partial charge in [-0.3, -0.25) is 0 Å². The second kappa shape index (κ2) is 4.74. The molecule has 1 N–H and O–H groups in total. The largest absolute Gasteiger partial charge is 0.380 e. The third-order valence-corrected chi connectivity index (χ3v) is 3.96. The molecule has 1 aliphatic heterocycles. The Morgan fingerprint density at radius 3 is 2.67 bits per heavy atom. The summed E-state index contributed by atoms with van der Waals surface area (Å²) in [5.41, 5.74) is 6.76. The monoisotopic (exact) mass is 276 g/mol. The smallest absolute Gasteiger partial charge is 0.123 e. The Bertz CT molecular complexity index is 804. The van der Waals surface area contributed by atoms with Gasteiger partial charge in [-0.15, -0.1) is 5.10 Å². The van der Waals surface area contributed by atoms with E-state index in [4.69, 9.17) is 0 Å². The molecule has 2 aromatic carbocycles. The molecule has 0 saturated heterocycles. The lowest BCUT2D eigenvalue weighted by atomic mass is 9.97. The molecule has 0 fully saturated rings. The van der Waals surface area contributed by atoms with E-state index in [2.05, 4.69) is 59.0 Å². The third kappa shape index (κ3) is 1.83. The Labute approximate surface area is 123 Å². The molecule has 21 heavy (non-hydrogen) atoms. The van der Waals surface area contributed by atoms with E-state index in [0.717, 1.165) is 35.7 Å². The van der Waals surface area contributed by atoms with Crippen molar-refractivity contribution in [2.24, 2.45) is 0 Å². The molecule has 4 heteroatoms. The van der Waals surface area contributed by atoms with E-state index in [-0.39, 0.29) is 0 Å². The Kier molecular flexibility index (Phi) is 2.74. The van der Waals surface area contributed by atoms with Gasteiger partial charge in [-0.05, 0) is 18.6 Å². The lowest BCUT2D eigenvalue weighted by molar-refractivity contribution is 0.632. The Hall–Kier alpha value is -2.62. The molecule has 1 aliphatic rings. The molecule has 2 heterocycles. The summed E-state index contributed by atoms with van der Waals surface area (Å²) in [6.45, 7) is 3.72. The van der Waals surface area contributed by atoms with Gasteiger partial charge in [0.05, 0.1) is 5.69 Å². The molecule has 4 nitrogen and oxygen atoms in total. The van der Waals surface area contributed by atoms with Crippen LogP contribution >= 0.6 is 0 Å². The molecule has 3 aromatic rings. The first kappa shape index (κ1) is 12.1. The highest BCUT2D eigenvalue weighted by molar-refractivity contribution is 5.87. The molecule has 0 spiro atoms. The van der Waals surface area contributed by atoms with Crippen LogP contribution in [0.3, 0.4) is 0 Å². The first-order valence-corrected chi connectivity index (χ1v) is 7.23. The summed E-state index contributed by atoms with van der Waals surface area (Å²) in [6.07, 6.45) is 0. The van der Waals surface area contributed by atoms with Gasteiger partial charge in [-0.1, -0.05) is 47.7 Å². The van der Waals surface area contributed by atoms with Crippen LogP contribution < -0.4 is 5.32 Å². The number of anilines is 1. The van der Waals surface area contributed by atoms with Crippen molar-refractivity contribution in [3.63, 3.8) is 0 Å². The van der Waals surface area contributed by atoms with Crippen LogP contribution in [0.4, 0.5) is 5.69 Å². The molecular weight excluding hydrogens is 260 g/mol. The lowest BCUT2D eigenvalue weighted by Crippen LogP contribution is -2.08. The number of aryl methyl sites for hydroxylation is 1. The molecular formula is C17H16N4. The van der Waals surface area contributed by atoms with Crippen molar-refractivity contribution in [3.05, 3.63) is 54.1 Å². The molecule has 0 radical (unpaired) electrons. The van der Waals surface area contributed by atoms with Crippen molar-refractivity contribution in [2.75, 3.05) is 5.32 Å². The second-order valence-electron chi connectivity index (χ2n) is 5.16. The van der Waals surface area contributed by atoms with Crippen LogP contribution in [0.25, 0.3) is 22.5 Å². The highest BCUT2D eigenvalue weighted by Gasteiger charge is 2.22. The zero-order valence-corrected chi connectivity index (χ0v) is 11.9. The maximum absolute atomic E-state index is 4.44. The third-order valence-electron chi connectivity index (χ3n) is 3.96. The lowest BCUT2D eigenvalue weighted by Gasteiger charge is -2.18. The Morgan fingerprint density at radius 2 is 1.81 bits per heavy atom. The number of nitrogens with zero attached hydrogens (tertiary/aromatic N) is 3. The normalized spacial score (nSPS) is 12.4. The first-order valence-electron chi connectivity index (χ1n) is 7.23. The molecule has 1 aromatic heterocycles. The first-order chi connectivity index (χ1) is 10.4.